The van der Waals surface area contributed by atoms with Crippen LogP contribution in [-0.2, 0) is 11.3 Å². The van der Waals surface area contributed by atoms with Gasteiger partial charge in [-0.3, -0.25) is 24.2 Å². The summed E-state index contributed by atoms with van der Waals surface area (Å²) >= 11 is 0. The van der Waals surface area contributed by atoms with Crippen molar-refractivity contribution in [3.8, 4) is 5.88 Å². The van der Waals surface area contributed by atoms with Crippen molar-refractivity contribution in [2.24, 2.45) is 28.5 Å². The van der Waals surface area contributed by atoms with Crippen LogP contribution in [0.15, 0.2) is 41.5 Å². The summed E-state index contributed by atoms with van der Waals surface area (Å²) in [6, 6.07) is 1.01. The Morgan fingerprint density at radius 3 is 2.50 bits per heavy atom. The van der Waals surface area contributed by atoms with Crippen LogP contribution in [-0.4, -0.2) is 50.9 Å². The van der Waals surface area contributed by atoms with Gasteiger partial charge in [0.05, 0.1) is 19.4 Å². The van der Waals surface area contributed by atoms with Crippen LogP contribution in [0.5, 0.6) is 5.88 Å². The van der Waals surface area contributed by atoms with E-state index in [1.807, 2.05) is 13.8 Å². The quantitative estimate of drug-likeness (QED) is 0.382. The van der Waals surface area contributed by atoms with Gasteiger partial charge in [-0.05, 0) is 63.4 Å². The lowest BCUT2D eigenvalue weighted by atomic mass is 9.88. The topological polar surface area (TPSA) is 149 Å². The second-order valence-corrected chi connectivity index (χ2v) is 9.55. The number of nitrogens with one attached hydrogen (secondary N) is 2. The van der Waals surface area contributed by atoms with Crippen LogP contribution in [0.3, 0.4) is 0 Å². The third-order valence-corrected chi connectivity index (χ3v) is 6.53. The summed E-state index contributed by atoms with van der Waals surface area (Å²) < 4.78 is 6.85. The molecule has 11 heteroatoms. The first-order chi connectivity index (χ1) is 17.4. The van der Waals surface area contributed by atoms with E-state index in [4.69, 9.17) is 10.5 Å². The lowest BCUT2D eigenvalue weighted by molar-refractivity contribution is -0.123. The molecule has 2 aliphatic rings. The van der Waals surface area contributed by atoms with Gasteiger partial charge in [0.2, 0.25) is 11.8 Å². The van der Waals surface area contributed by atoms with E-state index in [0.717, 1.165) is 25.7 Å². The molecule has 36 heavy (non-hydrogen) atoms. The summed E-state index contributed by atoms with van der Waals surface area (Å²) in [5, 5.41) is 10.1. The number of rotatable bonds is 12. The number of carbonyl (C=O) groups is 2. The molecule has 1 atom stereocenters. The van der Waals surface area contributed by atoms with Crippen molar-refractivity contribution in [2.75, 3.05) is 7.11 Å². The Bertz CT molecular complexity index is 1120. The summed E-state index contributed by atoms with van der Waals surface area (Å²) in [6.45, 7) is 4.12. The van der Waals surface area contributed by atoms with Crippen LogP contribution >= 0.6 is 0 Å². The maximum atomic E-state index is 13.5. The van der Waals surface area contributed by atoms with E-state index in [1.165, 1.54) is 25.7 Å². The minimum absolute atomic E-state index is 0.0200. The summed E-state index contributed by atoms with van der Waals surface area (Å²) in [4.78, 5) is 39.4. The molecule has 2 heterocycles. The zero-order valence-electron chi connectivity index (χ0n) is 20.9. The van der Waals surface area contributed by atoms with E-state index in [1.54, 1.807) is 23.1 Å². The molecular formula is C25H34N8O3. The smallest absolute Gasteiger partial charge is 0.270 e. The Morgan fingerprint density at radius 2 is 1.89 bits per heavy atom. The van der Waals surface area contributed by atoms with E-state index >= 15 is 0 Å². The average molecular weight is 495 g/mol. The molecule has 0 radical (unpaired) electrons. The standard InChI is InChI=1S/C25H34N8O3/c1-15(2)33-20(8-9-30-33)23(34)32-22(21(16-4-5-16)17-6-7-17)24(35)31-18(12-26)13-27-14-19-25(36-3)29-11-10-28-19/h8-13,15-17,21-22H,4-7,14,26H2,1-3H3,(H,31,35)(H,32,34)/b18-12+,27-13?. The van der Waals surface area contributed by atoms with Crippen LogP contribution in [0, 0.1) is 17.8 Å². The highest BCUT2D eigenvalue weighted by Gasteiger charge is 2.48. The van der Waals surface area contributed by atoms with Crippen molar-refractivity contribution < 1.29 is 14.3 Å². The van der Waals surface area contributed by atoms with Gasteiger partial charge in [0, 0.05) is 37.0 Å². The van der Waals surface area contributed by atoms with Gasteiger partial charge in [-0.15, -0.1) is 0 Å². The van der Waals surface area contributed by atoms with Gasteiger partial charge in [-0.2, -0.15) is 5.10 Å². The van der Waals surface area contributed by atoms with Crippen LogP contribution in [0.2, 0.25) is 0 Å². The molecule has 2 aromatic rings. The number of aromatic nitrogens is 4. The number of methoxy groups -OCH3 is 1. The van der Waals surface area contributed by atoms with Crippen molar-refractivity contribution in [1.29, 1.82) is 0 Å². The van der Waals surface area contributed by atoms with E-state index in [9.17, 15) is 9.59 Å². The van der Waals surface area contributed by atoms with Crippen molar-refractivity contribution in [3.63, 3.8) is 0 Å². The largest absolute Gasteiger partial charge is 0.480 e. The van der Waals surface area contributed by atoms with Crippen LogP contribution < -0.4 is 21.1 Å². The van der Waals surface area contributed by atoms with Gasteiger partial charge >= 0.3 is 0 Å². The molecule has 0 saturated heterocycles. The third-order valence-electron chi connectivity index (χ3n) is 6.53. The lowest BCUT2D eigenvalue weighted by Gasteiger charge is -2.27. The molecule has 11 nitrogen and oxygen atoms in total. The van der Waals surface area contributed by atoms with Crippen molar-refractivity contribution in [3.05, 3.63) is 47.9 Å². The Hall–Kier alpha value is -3.76. The van der Waals surface area contributed by atoms with Gasteiger partial charge in [0.25, 0.3) is 5.91 Å². The average Bonchev–Trinajstić information content (AvgIpc) is 3.82. The summed E-state index contributed by atoms with van der Waals surface area (Å²) in [5.74, 6) is 0.733. The molecule has 1 unspecified atom stereocenters. The number of hydrogen-bond donors (Lipinski definition) is 3. The summed E-state index contributed by atoms with van der Waals surface area (Å²) in [7, 11) is 1.52. The number of carbonyl (C=O) groups excluding carboxylic acids is 2. The Morgan fingerprint density at radius 1 is 1.19 bits per heavy atom. The molecule has 2 aromatic heterocycles. The van der Waals surface area contributed by atoms with Crippen molar-refractivity contribution >= 4 is 18.0 Å². The van der Waals surface area contributed by atoms with Crippen LogP contribution in [0.25, 0.3) is 0 Å². The first-order valence-corrected chi connectivity index (χ1v) is 12.3. The Kier molecular flexibility index (Phi) is 7.97. The molecule has 0 aromatic carbocycles. The molecule has 0 aliphatic heterocycles. The molecule has 2 aliphatic carbocycles. The van der Waals surface area contributed by atoms with Gasteiger partial charge in [0.1, 0.15) is 17.4 Å². The molecular weight excluding hydrogens is 460 g/mol. The molecule has 4 rings (SSSR count). The monoisotopic (exact) mass is 494 g/mol. The predicted molar refractivity (Wildman–Crippen MR) is 134 cm³/mol. The molecule has 2 saturated carbocycles. The van der Waals surface area contributed by atoms with Crippen molar-refractivity contribution in [2.45, 2.75) is 58.2 Å². The van der Waals surface area contributed by atoms with Gasteiger partial charge in [-0.1, -0.05) is 0 Å². The maximum Gasteiger partial charge on any atom is 0.270 e. The fourth-order valence-electron chi connectivity index (χ4n) is 4.55. The minimum atomic E-state index is -0.684. The highest BCUT2D eigenvalue weighted by atomic mass is 16.5. The van der Waals surface area contributed by atoms with Crippen molar-refractivity contribution in [1.82, 2.24) is 30.4 Å². The number of nitrogens with two attached hydrogens (primary N) is 1. The fourth-order valence-corrected chi connectivity index (χ4v) is 4.55. The first kappa shape index (κ1) is 25.3. The Labute approximate surface area is 210 Å². The minimum Gasteiger partial charge on any atom is -0.480 e. The zero-order valence-corrected chi connectivity index (χ0v) is 20.9. The number of nitrogens with zero attached hydrogens (tertiary/aromatic N) is 5. The van der Waals surface area contributed by atoms with Gasteiger partial charge in [-0.25, -0.2) is 4.98 Å². The number of aliphatic imine (C=N–C) groups is 1. The van der Waals surface area contributed by atoms with E-state index < -0.39 is 6.04 Å². The van der Waals surface area contributed by atoms with Crippen LogP contribution in [0.4, 0.5) is 0 Å². The number of ether oxygens (including phenoxy) is 1. The van der Waals surface area contributed by atoms with Gasteiger partial charge in [0.15, 0.2) is 0 Å². The Balaban J connectivity index is 1.48. The zero-order chi connectivity index (χ0) is 25.7. The van der Waals surface area contributed by atoms with E-state index in [2.05, 4.69) is 30.7 Å². The highest BCUT2D eigenvalue weighted by Crippen LogP contribution is 2.50. The molecule has 2 fully saturated rings. The van der Waals surface area contributed by atoms with Crippen LogP contribution in [0.1, 0.15) is 61.8 Å². The summed E-state index contributed by atoms with van der Waals surface area (Å²) in [6.07, 6.45) is 11.8. The number of amides is 2. The molecule has 0 bridgehead atoms. The highest BCUT2D eigenvalue weighted by molar-refractivity contribution is 5.98. The van der Waals surface area contributed by atoms with Gasteiger partial charge < -0.3 is 21.1 Å². The predicted octanol–water partition coefficient (Wildman–Crippen LogP) is 1.98. The maximum absolute atomic E-state index is 13.5. The SMILES string of the molecule is COc1nccnc1CN=C/C(=C\N)NC(=O)C(NC(=O)c1ccnn1C(C)C)C(C1CC1)C1CC1. The summed E-state index contributed by atoms with van der Waals surface area (Å²) in [5.41, 5.74) is 7.12. The first-order valence-electron chi connectivity index (χ1n) is 12.3. The number of hydrogen-bond acceptors (Lipinski definition) is 8. The lowest BCUT2D eigenvalue weighted by Crippen LogP contribution is -2.52. The van der Waals surface area contributed by atoms with E-state index in [0.29, 0.717) is 34.8 Å². The number of allylic oxidation sites excluding steroid dienone is 1. The third kappa shape index (κ3) is 6.07. The van der Waals surface area contributed by atoms with E-state index in [-0.39, 0.29) is 30.3 Å². The fraction of sp³-hybridized carbons (Fsp3) is 0.520. The molecule has 192 valence electrons. The second kappa shape index (κ2) is 11.3. The molecule has 4 N–H and O–H groups in total. The molecule has 0 spiro atoms. The normalized spacial score (nSPS) is 17.0. The second-order valence-electron chi connectivity index (χ2n) is 9.55. The molecule has 2 amide bonds.